The van der Waals surface area contributed by atoms with Crippen molar-refractivity contribution in [2.24, 2.45) is 5.92 Å². The van der Waals surface area contributed by atoms with Crippen LogP contribution in [0.5, 0.6) is 0 Å². The van der Waals surface area contributed by atoms with Gasteiger partial charge in [-0.25, -0.2) is 4.79 Å². The lowest BCUT2D eigenvalue weighted by atomic mass is 9.96. The third kappa shape index (κ3) is 5.04. The van der Waals surface area contributed by atoms with E-state index in [0.717, 1.165) is 45.6 Å². The lowest BCUT2D eigenvalue weighted by Gasteiger charge is -2.40. The Morgan fingerprint density at radius 1 is 1.13 bits per heavy atom. The van der Waals surface area contributed by atoms with Gasteiger partial charge in [0.15, 0.2) is 6.29 Å². The fourth-order valence-electron chi connectivity index (χ4n) is 3.70. The molecule has 2 fully saturated rings. The van der Waals surface area contributed by atoms with Gasteiger partial charge in [-0.3, -0.25) is 4.90 Å². The summed E-state index contributed by atoms with van der Waals surface area (Å²) in [4.78, 5) is 17.4. The minimum Gasteiger partial charge on any atom is -0.465 e. The molecule has 134 valence electrons. The molecule has 0 bridgehead atoms. The predicted octanol–water partition coefficient (Wildman–Crippen LogP) is 1.00. The van der Waals surface area contributed by atoms with Crippen molar-refractivity contribution < 1.29 is 19.4 Å². The molecule has 0 aliphatic carbocycles. The maximum atomic E-state index is 11.0. The SMILES string of the molecule is COC(OC)C1CCN(CCN2CCN(C(=O)O)C[C@@H]2C)CC1. The summed E-state index contributed by atoms with van der Waals surface area (Å²) in [7, 11) is 3.41. The fourth-order valence-corrected chi connectivity index (χ4v) is 3.70. The predicted molar refractivity (Wildman–Crippen MR) is 87.6 cm³/mol. The molecule has 7 nitrogen and oxygen atoms in total. The van der Waals surface area contributed by atoms with Gasteiger partial charge in [0.2, 0.25) is 0 Å². The molecule has 0 unspecified atom stereocenters. The molecule has 0 spiro atoms. The van der Waals surface area contributed by atoms with Crippen molar-refractivity contribution in [1.82, 2.24) is 14.7 Å². The number of rotatable bonds is 6. The first-order chi connectivity index (χ1) is 11.0. The van der Waals surface area contributed by atoms with Gasteiger partial charge in [0.1, 0.15) is 0 Å². The van der Waals surface area contributed by atoms with Crippen LogP contribution < -0.4 is 0 Å². The molecule has 1 amide bonds. The van der Waals surface area contributed by atoms with E-state index in [-0.39, 0.29) is 6.29 Å². The average Bonchev–Trinajstić information content (AvgIpc) is 2.56. The highest BCUT2D eigenvalue weighted by Crippen LogP contribution is 2.22. The molecule has 0 radical (unpaired) electrons. The van der Waals surface area contributed by atoms with E-state index in [1.165, 1.54) is 4.90 Å². The van der Waals surface area contributed by atoms with E-state index in [9.17, 15) is 4.79 Å². The average molecular weight is 329 g/mol. The van der Waals surface area contributed by atoms with E-state index in [0.29, 0.717) is 25.0 Å². The van der Waals surface area contributed by atoms with Gasteiger partial charge in [-0.1, -0.05) is 0 Å². The summed E-state index contributed by atoms with van der Waals surface area (Å²) in [5, 5.41) is 9.07. The zero-order chi connectivity index (χ0) is 16.8. The van der Waals surface area contributed by atoms with Crippen molar-refractivity contribution in [3.05, 3.63) is 0 Å². The Labute approximate surface area is 139 Å². The van der Waals surface area contributed by atoms with Gasteiger partial charge in [0.05, 0.1) is 0 Å². The highest BCUT2D eigenvalue weighted by atomic mass is 16.7. The van der Waals surface area contributed by atoms with E-state index in [1.807, 2.05) is 0 Å². The second kappa shape index (κ2) is 8.82. The minimum atomic E-state index is -0.801. The van der Waals surface area contributed by atoms with Crippen LogP contribution in [-0.2, 0) is 9.47 Å². The molecule has 2 aliphatic rings. The molecule has 2 aliphatic heterocycles. The summed E-state index contributed by atoms with van der Waals surface area (Å²) in [6.07, 6.45) is 1.33. The van der Waals surface area contributed by atoms with Gasteiger partial charge in [0, 0.05) is 58.9 Å². The molecule has 2 heterocycles. The molecule has 0 aromatic carbocycles. The van der Waals surface area contributed by atoms with Crippen molar-refractivity contribution in [2.45, 2.75) is 32.1 Å². The van der Waals surface area contributed by atoms with Crippen LogP contribution in [0.1, 0.15) is 19.8 Å². The van der Waals surface area contributed by atoms with E-state index >= 15 is 0 Å². The van der Waals surface area contributed by atoms with Gasteiger partial charge in [-0.15, -0.1) is 0 Å². The van der Waals surface area contributed by atoms with Crippen LogP contribution in [0.2, 0.25) is 0 Å². The minimum absolute atomic E-state index is 0.0822. The van der Waals surface area contributed by atoms with E-state index in [1.54, 1.807) is 14.2 Å². The number of methoxy groups -OCH3 is 2. The molecule has 0 saturated carbocycles. The molecule has 0 aromatic rings. The smallest absolute Gasteiger partial charge is 0.407 e. The Morgan fingerprint density at radius 3 is 2.30 bits per heavy atom. The van der Waals surface area contributed by atoms with Crippen LogP contribution in [0.15, 0.2) is 0 Å². The van der Waals surface area contributed by atoms with Crippen LogP contribution in [-0.4, -0.2) is 98.3 Å². The number of hydrogen-bond acceptors (Lipinski definition) is 5. The summed E-state index contributed by atoms with van der Waals surface area (Å²) in [6, 6.07) is 0.295. The second-order valence-corrected chi connectivity index (χ2v) is 6.63. The molecule has 7 heteroatoms. The van der Waals surface area contributed by atoms with E-state index in [2.05, 4.69) is 16.7 Å². The lowest BCUT2D eigenvalue weighted by Crippen LogP contribution is -2.55. The fraction of sp³-hybridized carbons (Fsp3) is 0.938. The molecule has 2 saturated heterocycles. The summed E-state index contributed by atoms with van der Waals surface area (Å²) < 4.78 is 10.7. The molecule has 23 heavy (non-hydrogen) atoms. The van der Waals surface area contributed by atoms with Crippen molar-refractivity contribution >= 4 is 6.09 Å². The summed E-state index contributed by atoms with van der Waals surface area (Å²) in [5.74, 6) is 0.485. The van der Waals surface area contributed by atoms with Crippen molar-refractivity contribution in [3.8, 4) is 0 Å². The van der Waals surface area contributed by atoms with Gasteiger partial charge >= 0.3 is 6.09 Å². The van der Waals surface area contributed by atoms with Crippen LogP contribution in [0.25, 0.3) is 0 Å². The largest absolute Gasteiger partial charge is 0.465 e. The number of piperidine rings is 1. The Bertz CT molecular complexity index is 370. The number of ether oxygens (including phenoxy) is 2. The maximum Gasteiger partial charge on any atom is 0.407 e. The van der Waals surface area contributed by atoms with Crippen LogP contribution in [0, 0.1) is 5.92 Å². The Morgan fingerprint density at radius 2 is 1.78 bits per heavy atom. The molecular formula is C16H31N3O4. The van der Waals surface area contributed by atoms with Crippen LogP contribution in [0.4, 0.5) is 4.79 Å². The second-order valence-electron chi connectivity index (χ2n) is 6.63. The highest BCUT2D eigenvalue weighted by Gasteiger charge is 2.29. The number of likely N-dealkylation sites (tertiary alicyclic amines) is 1. The van der Waals surface area contributed by atoms with E-state index in [4.69, 9.17) is 14.6 Å². The normalized spacial score (nSPS) is 25.2. The van der Waals surface area contributed by atoms with Gasteiger partial charge in [-0.2, -0.15) is 0 Å². The van der Waals surface area contributed by atoms with E-state index < -0.39 is 6.09 Å². The third-order valence-corrected chi connectivity index (χ3v) is 5.22. The van der Waals surface area contributed by atoms with Crippen molar-refractivity contribution in [2.75, 3.05) is 60.0 Å². The first-order valence-electron chi connectivity index (χ1n) is 8.55. The monoisotopic (exact) mass is 329 g/mol. The number of amides is 1. The number of carbonyl (C=O) groups is 1. The van der Waals surface area contributed by atoms with Gasteiger partial charge < -0.3 is 24.4 Å². The molecule has 1 N–H and O–H groups in total. The lowest BCUT2D eigenvalue weighted by molar-refractivity contribution is -0.147. The quantitative estimate of drug-likeness (QED) is 0.734. The van der Waals surface area contributed by atoms with Crippen molar-refractivity contribution in [3.63, 3.8) is 0 Å². The zero-order valence-electron chi connectivity index (χ0n) is 14.6. The van der Waals surface area contributed by atoms with Gasteiger partial charge in [0.25, 0.3) is 0 Å². The van der Waals surface area contributed by atoms with Gasteiger partial charge in [-0.05, 0) is 32.9 Å². The standard InChI is InChI=1S/C16H31N3O4/c1-13-12-19(16(20)21)11-10-18(13)9-8-17-6-4-14(5-7-17)15(22-2)23-3/h13-15H,4-12H2,1-3H3,(H,20,21)/t13-/m0/s1. The molecular weight excluding hydrogens is 298 g/mol. The highest BCUT2D eigenvalue weighted by molar-refractivity contribution is 5.65. The summed E-state index contributed by atoms with van der Waals surface area (Å²) >= 11 is 0. The third-order valence-electron chi connectivity index (χ3n) is 5.22. The van der Waals surface area contributed by atoms with Crippen molar-refractivity contribution in [1.29, 1.82) is 0 Å². The topological polar surface area (TPSA) is 65.5 Å². The molecule has 0 aromatic heterocycles. The summed E-state index contributed by atoms with van der Waals surface area (Å²) in [6.45, 7) is 8.40. The number of nitrogens with zero attached hydrogens (tertiary/aromatic N) is 3. The molecule has 2 rings (SSSR count). The number of hydrogen-bond donors (Lipinski definition) is 1. The number of carboxylic acid groups (broad SMARTS) is 1. The van der Waals surface area contributed by atoms with Crippen LogP contribution in [0.3, 0.4) is 0 Å². The first kappa shape index (κ1) is 18.4. The maximum absolute atomic E-state index is 11.0. The Kier molecular flexibility index (Phi) is 7.08. The Balaban J connectivity index is 1.68. The van der Waals surface area contributed by atoms with Crippen LogP contribution >= 0.6 is 0 Å². The Hall–Kier alpha value is -0.890. The zero-order valence-corrected chi connectivity index (χ0v) is 14.6. The first-order valence-corrected chi connectivity index (χ1v) is 8.55. The summed E-state index contributed by atoms with van der Waals surface area (Å²) in [5.41, 5.74) is 0. The molecule has 1 atom stereocenters. The number of piperazine rings is 1.